The van der Waals surface area contributed by atoms with Gasteiger partial charge in [-0.25, -0.2) is 0 Å². The first-order valence-electron chi connectivity index (χ1n) is 7.24. The van der Waals surface area contributed by atoms with Crippen LogP contribution < -0.4 is 0 Å². The zero-order valence-electron chi connectivity index (χ0n) is 13.1. The lowest BCUT2D eigenvalue weighted by Crippen LogP contribution is -2.35. The molecule has 0 heterocycles. The fourth-order valence-corrected chi connectivity index (χ4v) is 2.89. The summed E-state index contributed by atoms with van der Waals surface area (Å²) in [5.41, 5.74) is 4.22. The fraction of sp³-hybridized carbons (Fsp3) is 0.611. The van der Waals surface area contributed by atoms with Crippen LogP contribution >= 0.6 is 0 Å². The minimum atomic E-state index is 0.0620. The summed E-state index contributed by atoms with van der Waals surface area (Å²) in [5, 5.41) is 0. The minimum Gasteiger partial charge on any atom is -0.299 e. The molecule has 0 spiro atoms. The second-order valence-corrected chi connectivity index (χ2v) is 8.00. The lowest BCUT2D eigenvalue weighted by molar-refractivity contribution is -0.125. The monoisotopic (exact) mass is 258 g/mol. The zero-order chi connectivity index (χ0) is 14.4. The third-order valence-corrected chi connectivity index (χ3v) is 4.30. The number of Topliss-reactive ketones (excluding diaryl/α,β-unsaturated/α-hetero) is 1. The standard InChI is InChI=1S/C18H26O/c1-17(2,3)14-8-7-12-11-16(19)15(18(4,5)6)10-13(12)9-14/h7-9,15H,10-11H2,1-6H3. The Labute approximate surface area is 117 Å². The van der Waals surface area contributed by atoms with Gasteiger partial charge in [0, 0.05) is 12.3 Å². The number of fused-ring (bicyclic) bond motifs is 1. The van der Waals surface area contributed by atoms with Crippen LogP contribution in [0.1, 0.15) is 58.2 Å². The molecule has 1 aliphatic rings. The van der Waals surface area contributed by atoms with E-state index in [0.29, 0.717) is 12.2 Å². The van der Waals surface area contributed by atoms with Crippen LogP contribution in [0.5, 0.6) is 0 Å². The summed E-state index contributed by atoms with van der Waals surface area (Å²) in [6.07, 6.45) is 1.52. The molecule has 1 aromatic rings. The van der Waals surface area contributed by atoms with Crippen molar-refractivity contribution in [3.8, 4) is 0 Å². The van der Waals surface area contributed by atoms with Crippen LogP contribution in [-0.4, -0.2) is 5.78 Å². The number of benzene rings is 1. The quantitative estimate of drug-likeness (QED) is 0.677. The molecule has 0 saturated carbocycles. The van der Waals surface area contributed by atoms with Crippen LogP contribution in [0.3, 0.4) is 0 Å². The summed E-state index contributed by atoms with van der Waals surface area (Å²) in [6.45, 7) is 13.2. The van der Waals surface area contributed by atoms with Gasteiger partial charge in [0.15, 0.2) is 0 Å². The lowest BCUT2D eigenvalue weighted by atomic mass is 9.69. The number of carbonyl (C=O) groups excluding carboxylic acids is 1. The molecule has 19 heavy (non-hydrogen) atoms. The van der Waals surface area contributed by atoms with Crippen molar-refractivity contribution >= 4 is 5.78 Å². The Balaban J connectivity index is 2.39. The second-order valence-electron chi connectivity index (χ2n) is 8.00. The van der Waals surface area contributed by atoms with E-state index in [1.165, 1.54) is 16.7 Å². The second kappa shape index (κ2) is 4.47. The molecule has 2 rings (SSSR count). The van der Waals surface area contributed by atoms with E-state index in [0.717, 1.165) is 6.42 Å². The average Bonchev–Trinajstić information content (AvgIpc) is 2.24. The van der Waals surface area contributed by atoms with Gasteiger partial charge in [-0.3, -0.25) is 4.79 Å². The fourth-order valence-electron chi connectivity index (χ4n) is 2.89. The first kappa shape index (κ1) is 14.3. The molecule has 0 bridgehead atoms. The molecule has 1 atom stereocenters. The Morgan fingerprint density at radius 2 is 1.63 bits per heavy atom. The molecule has 1 heteroatoms. The maximum absolute atomic E-state index is 12.3. The molecular formula is C18H26O. The van der Waals surface area contributed by atoms with Gasteiger partial charge in [-0.05, 0) is 33.9 Å². The van der Waals surface area contributed by atoms with E-state index in [4.69, 9.17) is 0 Å². The predicted octanol–water partition coefficient (Wildman–Crippen LogP) is 4.31. The van der Waals surface area contributed by atoms with Crippen molar-refractivity contribution in [2.75, 3.05) is 0 Å². The van der Waals surface area contributed by atoms with E-state index >= 15 is 0 Å². The molecular weight excluding hydrogens is 232 g/mol. The third kappa shape index (κ3) is 2.91. The van der Waals surface area contributed by atoms with Crippen molar-refractivity contribution in [3.63, 3.8) is 0 Å². The first-order valence-corrected chi connectivity index (χ1v) is 7.24. The maximum atomic E-state index is 12.3. The number of carbonyl (C=O) groups is 1. The number of rotatable bonds is 0. The average molecular weight is 258 g/mol. The van der Waals surface area contributed by atoms with E-state index in [2.05, 4.69) is 59.7 Å². The zero-order valence-corrected chi connectivity index (χ0v) is 13.1. The van der Waals surface area contributed by atoms with Crippen LogP contribution in [0.15, 0.2) is 18.2 Å². The highest BCUT2D eigenvalue weighted by Crippen LogP contribution is 2.36. The van der Waals surface area contributed by atoms with Gasteiger partial charge in [0.25, 0.3) is 0 Å². The molecule has 1 aliphatic carbocycles. The lowest BCUT2D eigenvalue weighted by Gasteiger charge is -2.34. The molecule has 0 aromatic heterocycles. The molecule has 0 N–H and O–H groups in total. The Kier molecular flexibility index (Phi) is 3.36. The van der Waals surface area contributed by atoms with E-state index in [9.17, 15) is 4.79 Å². The van der Waals surface area contributed by atoms with Crippen molar-refractivity contribution in [2.45, 2.75) is 59.8 Å². The van der Waals surface area contributed by atoms with Gasteiger partial charge in [0.2, 0.25) is 0 Å². The highest BCUT2D eigenvalue weighted by atomic mass is 16.1. The van der Waals surface area contributed by atoms with Gasteiger partial charge < -0.3 is 0 Å². The Bertz CT molecular complexity index is 497. The summed E-state index contributed by atoms with van der Waals surface area (Å²) < 4.78 is 0. The maximum Gasteiger partial charge on any atom is 0.141 e. The topological polar surface area (TPSA) is 17.1 Å². The first-order chi connectivity index (χ1) is 8.59. The molecule has 0 amide bonds. The van der Waals surface area contributed by atoms with Crippen LogP contribution in [0, 0.1) is 11.3 Å². The number of ketones is 1. The van der Waals surface area contributed by atoms with Gasteiger partial charge in [-0.2, -0.15) is 0 Å². The number of hydrogen-bond acceptors (Lipinski definition) is 1. The smallest absolute Gasteiger partial charge is 0.141 e. The molecule has 1 nitrogen and oxygen atoms in total. The van der Waals surface area contributed by atoms with Crippen LogP contribution in [0.2, 0.25) is 0 Å². The van der Waals surface area contributed by atoms with Crippen LogP contribution in [-0.2, 0) is 23.1 Å². The molecule has 1 unspecified atom stereocenters. The van der Waals surface area contributed by atoms with Gasteiger partial charge in [-0.15, -0.1) is 0 Å². The number of hydrogen-bond donors (Lipinski definition) is 0. The normalized spacial score (nSPS) is 20.3. The SMILES string of the molecule is CC(C)(C)c1ccc2c(c1)CC(C(C)(C)C)C(=O)C2. The summed E-state index contributed by atoms with van der Waals surface area (Å²) in [7, 11) is 0. The Morgan fingerprint density at radius 3 is 2.16 bits per heavy atom. The van der Waals surface area contributed by atoms with Gasteiger partial charge in [0.1, 0.15) is 5.78 Å². The molecule has 0 saturated heterocycles. The highest BCUT2D eigenvalue weighted by Gasteiger charge is 2.35. The summed E-state index contributed by atoms with van der Waals surface area (Å²) in [5.74, 6) is 0.568. The highest BCUT2D eigenvalue weighted by molar-refractivity contribution is 5.86. The van der Waals surface area contributed by atoms with Crippen molar-refractivity contribution in [1.29, 1.82) is 0 Å². The molecule has 104 valence electrons. The van der Waals surface area contributed by atoms with Crippen LogP contribution in [0.4, 0.5) is 0 Å². The summed E-state index contributed by atoms with van der Waals surface area (Å²) in [6, 6.07) is 6.66. The molecule has 0 fully saturated rings. The predicted molar refractivity (Wildman–Crippen MR) is 80.5 cm³/mol. The summed E-state index contributed by atoms with van der Waals surface area (Å²) in [4.78, 5) is 12.3. The van der Waals surface area contributed by atoms with Crippen molar-refractivity contribution in [2.24, 2.45) is 11.3 Å². The van der Waals surface area contributed by atoms with Gasteiger partial charge in [-0.1, -0.05) is 59.7 Å². The van der Waals surface area contributed by atoms with Gasteiger partial charge >= 0.3 is 0 Å². The molecule has 0 radical (unpaired) electrons. The van der Waals surface area contributed by atoms with Crippen molar-refractivity contribution in [3.05, 3.63) is 34.9 Å². The summed E-state index contributed by atoms with van der Waals surface area (Å²) >= 11 is 0. The molecule has 1 aromatic carbocycles. The van der Waals surface area contributed by atoms with E-state index in [1.807, 2.05) is 0 Å². The van der Waals surface area contributed by atoms with Crippen molar-refractivity contribution < 1.29 is 4.79 Å². The molecule has 0 aliphatic heterocycles. The third-order valence-electron chi connectivity index (χ3n) is 4.30. The Hall–Kier alpha value is -1.11. The van der Waals surface area contributed by atoms with E-state index < -0.39 is 0 Å². The Morgan fingerprint density at radius 1 is 1.00 bits per heavy atom. The van der Waals surface area contributed by atoms with E-state index in [1.54, 1.807) is 0 Å². The minimum absolute atomic E-state index is 0.0620. The van der Waals surface area contributed by atoms with Crippen LogP contribution in [0.25, 0.3) is 0 Å². The van der Waals surface area contributed by atoms with Gasteiger partial charge in [0.05, 0.1) is 0 Å². The van der Waals surface area contributed by atoms with Crippen molar-refractivity contribution in [1.82, 2.24) is 0 Å². The van der Waals surface area contributed by atoms with E-state index in [-0.39, 0.29) is 16.7 Å². The largest absolute Gasteiger partial charge is 0.299 e.